The molecule has 2 rings (SSSR count). The van der Waals surface area contributed by atoms with E-state index in [2.05, 4.69) is 0 Å². The van der Waals surface area contributed by atoms with Crippen LogP contribution in [0.2, 0.25) is 0 Å². The molecule has 13 heteroatoms. The number of benzene rings is 1. The quantitative estimate of drug-likeness (QED) is 0.531. The minimum Gasteiger partial charge on any atom is -0.472 e. The minimum absolute atomic E-state index is 0.158. The number of carbonyl (C=O) groups excluding carboxylic acids is 2. The van der Waals surface area contributed by atoms with E-state index in [4.69, 9.17) is 4.74 Å². The highest BCUT2D eigenvalue weighted by molar-refractivity contribution is 5.97. The fourth-order valence-electron chi connectivity index (χ4n) is 2.23. The predicted octanol–water partition coefficient (Wildman–Crippen LogP) is 0.939. The Bertz CT molecular complexity index is 756. The van der Waals surface area contributed by atoms with Crippen molar-refractivity contribution in [1.82, 2.24) is 4.90 Å². The van der Waals surface area contributed by atoms with Crippen molar-refractivity contribution in [2.24, 2.45) is 0 Å². The summed E-state index contributed by atoms with van der Waals surface area (Å²) in [5, 5.41) is 32.9. The molecule has 13 nitrogen and oxygen atoms in total. The van der Waals surface area contributed by atoms with Crippen molar-refractivity contribution in [3.05, 3.63) is 42.5 Å². The van der Waals surface area contributed by atoms with Gasteiger partial charge in [-0.1, -0.05) is 0 Å². The van der Waals surface area contributed by atoms with Gasteiger partial charge in [-0.2, -0.15) is 0 Å². The van der Waals surface area contributed by atoms with E-state index in [0.717, 1.165) is 4.90 Å². The third-order valence-corrected chi connectivity index (χ3v) is 3.35. The summed E-state index contributed by atoms with van der Waals surface area (Å²) in [4.78, 5) is 53.9. The SMILES string of the molecule is O=C1CCCN1C(=O)COc1c([N+](=O)[O-])cc([N+](=O)[O-])cc1[N+](=O)[O-]. The molecule has 1 heterocycles. The Hall–Kier alpha value is -3.64. The average Bonchev–Trinajstić information content (AvgIpc) is 2.97. The monoisotopic (exact) mass is 354 g/mol. The summed E-state index contributed by atoms with van der Waals surface area (Å²) in [6.07, 6.45) is 0.631. The standard InChI is InChI=1S/C12H10N4O9/c17-10-2-1-3-13(10)11(18)6-25-12-8(15(21)22)4-7(14(19)20)5-9(12)16(23)24/h4-5H,1-3,6H2. The van der Waals surface area contributed by atoms with E-state index < -0.39 is 56.0 Å². The molecule has 0 radical (unpaired) electrons. The van der Waals surface area contributed by atoms with Crippen LogP contribution in [0, 0.1) is 30.3 Å². The Balaban J connectivity index is 2.36. The van der Waals surface area contributed by atoms with Crippen LogP contribution in [0.4, 0.5) is 17.1 Å². The first kappa shape index (κ1) is 17.7. The maximum atomic E-state index is 11.9. The number of likely N-dealkylation sites (tertiary alicyclic amines) is 1. The van der Waals surface area contributed by atoms with E-state index in [1.54, 1.807) is 0 Å². The molecule has 0 unspecified atom stereocenters. The topological polar surface area (TPSA) is 176 Å². The molecule has 1 saturated heterocycles. The Labute approximate surface area is 138 Å². The van der Waals surface area contributed by atoms with Gasteiger partial charge in [-0.25, -0.2) is 0 Å². The van der Waals surface area contributed by atoms with Crippen molar-refractivity contribution in [3.63, 3.8) is 0 Å². The molecule has 0 bridgehead atoms. The molecule has 25 heavy (non-hydrogen) atoms. The molecule has 1 aromatic carbocycles. The third-order valence-electron chi connectivity index (χ3n) is 3.35. The molecule has 0 saturated carbocycles. The lowest BCUT2D eigenvalue weighted by atomic mass is 10.2. The largest absolute Gasteiger partial charge is 0.472 e. The lowest BCUT2D eigenvalue weighted by molar-refractivity contribution is -0.404. The second-order valence-electron chi connectivity index (χ2n) is 4.92. The Morgan fingerprint density at radius 2 is 1.64 bits per heavy atom. The third kappa shape index (κ3) is 3.65. The number of amides is 2. The van der Waals surface area contributed by atoms with E-state index in [9.17, 15) is 39.9 Å². The number of hydrogen-bond donors (Lipinski definition) is 0. The number of ether oxygens (including phenoxy) is 1. The fraction of sp³-hybridized carbons (Fsp3) is 0.333. The zero-order chi connectivity index (χ0) is 18.7. The van der Waals surface area contributed by atoms with Crippen LogP contribution in [0.25, 0.3) is 0 Å². The number of nitro groups is 3. The van der Waals surface area contributed by atoms with Gasteiger partial charge in [0.15, 0.2) is 6.61 Å². The molecule has 1 aliphatic rings. The molecular weight excluding hydrogens is 344 g/mol. The predicted molar refractivity (Wildman–Crippen MR) is 77.9 cm³/mol. The van der Waals surface area contributed by atoms with Gasteiger partial charge >= 0.3 is 11.4 Å². The van der Waals surface area contributed by atoms with Gasteiger partial charge in [0.25, 0.3) is 17.3 Å². The highest BCUT2D eigenvalue weighted by atomic mass is 16.6. The second kappa shape index (κ2) is 6.86. The summed E-state index contributed by atoms with van der Waals surface area (Å²) in [7, 11) is 0. The van der Waals surface area contributed by atoms with Gasteiger partial charge in [0.2, 0.25) is 5.91 Å². The summed E-state index contributed by atoms with van der Waals surface area (Å²) < 4.78 is 4.90. The van der Waals surface area contributed by atoms with Gasteiger partial charge in [-0.05, 0) is 6.42 Å². The van der Waals surface area contributed by atoms with Crippen LogP contribution in [0.5, 0.6) is 5.75 Å². The number of nitro benzene ring substituents is 3. The van der Waals surface area contributed by atoms with E-state index in [1.807, 2.05) is 0 Å². The summed E-state index contributed by atoms with van der Waals surface area (Å²) >= 11 is 0. The molecule has 0 aliphatic carbocycles. The lowest BCUT2D eigenvalue weighted by Gasteiger charge is -2.14. The van der Waals surface area contributed by atoms with Crippen molar-refractivity contribution in [1.29, 1.82) is 0 Å². The van der Waals surface area contributed by atoms with Gasteiger partial charge < -0.3 is 4.74 Å². The van der Waals surface area contributed by atoms with Crippen LogP contribution in [0.1, 0.15) is 12.8 Å². The van der Waals surface area contributed by atoms with E-state index in [-0.39, 0.29) is 13.0 Å². The zero-order valence-corrected chi connectivity index (χ0v) is 12.4. The van der Waals surface area contributed by atoms with Crippen molar-refractivity contribution >= 4 is 28.9 Å². The molecule has 0 aromatic heterocycles. The number of nitrogens with zero attached hydrogens (tertiary/aromatic N) is 4. The molecule has 132 valence electrons. The van der Waals surface area contributed by atoms with Crippen LogP contribution in [0.15, 0.2) is 12.1 Å². The first-order valence-corrected chi connectivity index (χ1v) is 6.79. The molecular formula is C12H10N4O9. The Kier molecular flexibility index (Phi) is 4.86. The summed E-state index contributed by atoms with van der Waals surface area (Å²) in [6.45, 7) is -0.698. The van der Waals surface area contributed by atoms with Crippen LogP contribution in [-0.2, 0) is 9.59 Å². The van der Waals surface area contributed by atoms with Crippen LogP contribution >= 0.6 is 0 Å². The van der Waals surface area contributed by atoms with Crippen molar-refractivity contribution in [3.8, 4) is 5.75 Å². The van der Waals surface area contributed by atoms with E-state index >= 15 is 0 Å². The molecule has 2 amide bonds. The molecule has 0 N–H and O–H groups in total. The maximum Gasteiger partial charge on any atom is 0.325 e. The normalized spacial score (nSPS) is 13.6. The van der Waals surface area contributed by atoms with Gasteiger partial charge in [0.1, 0.15) is 0 Å². The van der Waals surface area contributed by atoms with Gasteiger partial charge in [0, 0.05) is 13.0 Å². The number of hydrogen-bond acceptors (Lipinski definition) is 9. The minimum atomic E-state index is -1.10. The number of carbonyl (C=O) groups is 2. The molecule has 0 spiro atoms. The van der Waals surface area contributed by atoms with Crippen molar-refractivity contribution < 1.29 is 29.1 Å². The highest BCUT2D eigenvalue weighted by Crippen LogP contribution is 2.40. The van der Waals surface area contributed by atoms with Gasteiger partial charge in [0.05, 0.1) is 26.9 Å². The van der Waals surface area contributed by atoms with Crippen LogP contribution in [0.3, 0.4) is 0 Å². The summed E-state index contributed by atoms with van der Waals surface area (Å²) in [5.41, 5.74) is -2.92. The van der Waals surface area contributed by atoms with Crippen LogP contribution in [-0.4, -0.2) is 44.6 Å². The molecule has 0 atom stereocenters. The fourth-order valence-corrected chi connectivity index (χ4v) is 2.23. The molecule has 1 aliphatic heterocycles. The number of imide groups is 1. The smallest absolute Gasteiger partial charge is 0.325 e. The maximum absolute atomic E-state index is 11.9. The zero-order valence-electron chi connectivity index (χ0n) is 12.4. The number of rotatable bonds is 6. The van der Waals surface area contributed by atoms with Crippen molar-refractivity contribution in [2.75, 3.05) is 13.2 Å². The Morgan fingerprint density at radius 3 is 2.04 bits per heavy atom. The van der Waals surface area contributed by atoms with Gasteiger partial charge in [-0.3, -0.25) is 44.8 Å². The van der Waals surface area contributed by atoms with E-state index in [1.165, 1.54) is 0 Å². The summed E-state index contributed by atoms with van der Waals surface area (Å²) in [5.74, 6) is -2.15. The lowest BCUT2D eigenvalue weighted by Crippen LogP contribution is -2.35. The average molecular weight is 354 g/mol. The van der Waals surface area contributed by atoms with E-state index in [0.29, 0.717) is 18.6 Å². The molecule has 1 fully saturated rings. The first-order chi connectivity index (χ1) is 11.7. The van der Waals surface area contributed by atoms with Crippen LogP contribution < -0.4 is 4.74 Å². The highest BCUT2D eigenvalue weighted by Gasteiger charge is 2.34. The first-order valence-electron chi connectivity index (χ1n) is 6.79. The summed E-state index contributed by atoms with van der Waals surface area (Å²) in [6, 6.07) is 0.988. The van der Waals surface area contributed by atoms with Crippen molar-refractivity contribution in [2.45, 2.75) is 12.8 Å². The van der Waals surface area contributed by atoms with Gasteiger partial charge in [-0.15, -0.1) is 0 Å². The number of non-ortho nitro benzene ring substituents is 1. The second-order valence-corrected chi connectivity index (χ2v) is 4.92. The Morgan fingerprint density at radius 1 is 1.08 bits per heavy atom. The molecule has 1 aromatic rings.